The summed E-state index contributed by atoms with van der Waals surface area (Å²) >= 11 is 0. The number of pyridine rings is 2. The Morgan fingerprint density at radius 1 is 0.438 bits per heavy atom. The van der Waals surface area contributed by atoms with Crippen molar-refractivity contribution in [3.63, 3.8) is 0 Å². The molecule has 4 aromatic carbocycles. The molecule has 150 valence electrons. The Labute approximate surface area is 186 Å². The van der Waals surface area contributed by atoms with Crippen LogP contribution in [0.5, 0.6) is 0 Å². The second-order valence-corrected chi connectivity index (χ2v) is 7.85. The van der Waals surface area contributed by atoms with Crippen LogP contribution >= 0.6 is 0 Å². The van der Waals surface area contributed by atoms with Crippen LogP contribution in [0.2, 0.25) is 0 Å². The molecule has 0 aliphatic carbocycles. The molecule has 32 heavy (non-hydrogen) atoms. The lowest BCUT2D eigenvalue weighted by atomic mass is 9.88. The summed E-state index contributed by atoms with van der Waals surface area (Å²) in [5.74, 6) is 0. The summed E-state index contributed by atoms with van der Waals surface area (Å²) in [6.45, 7) is 0. The van der Waals surface area contributed by atoms with Gasteiger partial charge in [0, 0.05) is 33.7 Å². The number of hydrogen-bond donors (Lipinski definition) is 0. The van der Waals surface area contributed by atoms with Crippen molar-refractivity contribution in [2.75, 3.05) is 0 Å². The van der Waals surface area contributed by atoms with E-state index >= 15 is 0 Å². The molecule has 0 saturated heterocycles. The third kappa shape index (κ3) is 3.05. The molecule has 2 heterocycles. The SMILES string of the molecule is c1ccc(-c2nc3c(ccc4cccnc43)c(-c3ccccc3)c2-c2ccccc2)cc1. The molecule has 0 unspecified atom stereocenters. The third-order valence-electron chi connectivity index (χ3n) is 5.90. The highest BCUT2D eigenvalue weighted by atomic mass is 14.8. The van der Waals surface area contributed by atoms with Gasteiger partial charge in [0.1, 0.15) is 0 Å². The van der Waals surface area contributed by atoms with Gasteiger partial charge >= 0.3 is 0 Å². The van der Waals surface area contributed by atoms with Crippen LogP contribution in [-0.2, 0) is 0 Å². The lowest BCUT2D eigenvalue weighted by molar-refractivity contribution is 1.37. The number of hydrogen-bond acceptors (Lipinski definition) is 2. The zero-order valence-corrected chi connectivity index (χ0v) is 17.4. The topological polar surface area (TPSA) is 25.8 Å². The minimum absolute atomic E-state index is 0.930. The highest BCUT2D eigenvalue weighted by molar-refractivity contribution is 6.14. The van der Waals surface area contributed by atoms with E-state index in [2.05, 4.69) is 103 Å². The maximum absolute atomic E-state index is 5.27. The van der Waals surface area contributed by atoms with Crippen molar-refractivity contribution in [2.45, 2.75) is 0 Å². The van der Waals surface area contributed by atoms with Gasteiger partial charge in [0.25, 0.3) is 0 Å². The highest BCUT2D eigenvalue weighted by Crippen LogP contribution is 2.44. The smallest absolute Gasteiger partial charge is 0.0978 e. The van der Waals surface area contributed by atoms with Crippen molar-refractivity contribution < 1.29 is 0 Å². The van der Waals surface area contributed by atoms with Crippen molar-refractivity contribution in [2.24, 2.45) is 0 Å². The molecular weight excluding hydrogens is 388 g/mol. The molecule has 2 aromatic heterocycles. The summed E-state index contributed by atoms with van der Waals surface area (Å²) < 4.78 is 0. The van der Waals surface area contributed by atoms with Gasteiger partial charge in [0.05, 0.1) is 16.7 Å². The first-order valence-corrected chi connectivity index (χ1v) is 10.8. The second-order valence-electron chi connectivity index (χ2n) is 7.85. The summed E-state index contributed by atoms with van der Waals surface area (Å²) in [6.07, 6.45) is 1.85. The molecule has 0 radical (unpaired) electrons. The van der Waals surface area contributed by atoms with Crippen LogP contribution in [0.3, 0.4) is 0 Å². The third-order valence-corrected chi connectivity index (χ3v) is 5.90. The molecule has 2 heteroatoms. The van der Waals surface area contributed by atoms with Crippen molar-refractivity contribution >= 4 is 21.8 Å². The van der Waals surface area contributed by atoms with E-state index in [0.717, 1.165) is 44.2 Å². The number of benzene rings is 4. The quantitative estimate of drug-likeness (QED) is 0.279. The fraction of sp³-hybridized carbons (Fsp3) is 0. The van der Waals surface area contributed by atoms with E-state index in [1.54, 1.807) is 0 Å². The van der Waals surface area contributed by atoms with Gasteiger partial charge in [-0.1, -0.05) is 109 Å². The van der Waals surface area contributed by atoms with Gasteiger partial charge < -0.3 is 0 Å². The van der Waals surface area contributed by atoms with Crippen molar-refractivity contribution in [3.8, 4) is 33.5 Å². The summed E-state index contributed by atoms with van der Waals surface area (Å²) in [5.41, 5.74) is 8.59. The number of aromatic nitrogens is 2. The molecule has 0 bridgehead atoms. The predicted octanol–water partition coefficient (Wildman–Crippen LogP) is 7.78. The van der Waals surface area contributed by atoms with Crippen LogP contribution in [0, 0.1) is 0 Å². The number of rotatable bonds is 3. The molecular formula is C30H20N2. The van der Waals surface area contributed by atoms with Gasteiger partial charge in [-0.05, 0) is 17.2 Å². The molecule has 0 aliphatic rings. The maximum atomic E-state index is 5.27. The summed E-state index contributed by atoms with van der Waals surface area (Å²) in [5, 5.41) is 2.21. The molecule has 0 atom stereocenters. The lowest BCUT2D eigenvalue weighted by Crippen LogP contribution is -1.97. The molecule has 0 amide bonds. The van der Waals surface area contributed by atoms with E-state index in [0.29, 0.717) is 0 Å². The molecule has 2 nitrogen and oxygen atoms in total. The average molecular weight is 409 g/mol. The molecule has 0 aliphatic heterocycles. The largest absolute Gasteiger partial charge is 0.254 e. The van der Waals surface area contributed by atoms with Gasteiger partial charge in [-0.3, -0.25) is 4.98 Å². The Balaban J connectivity index is 1.86. The summed E-state index contributed by atoms with van der Waals surface area (Å²) in [6, 6.07) is 40.0. The van der Waals surface area contributed by atoms with Gasteiger partial charge in [-0.25, -0.2) is 4.98 Å². The fourth-order valence-corrected chi connectivity index (χ4v) is 4.46. The average Bonchev–Trinajstić information content (AvgIpc) is 2.89. The van der Waals surface area contributed by atoms with E-state index in [9.17, 15) is 0 Å². The first-order valence-electron chi connectivity index (χ1n) is 10.8. The Hall–Kier alpha value is -4.30. The minimum atomic E-state index is 0.930. The van der Waals surface area contributed by atoms with Gasteiger partial charge in [0.15, 0.2) is 0 Å². The fourth-order valence-electron chi connectivity index (χ4n) is 4.46. The molecule has 0 saturated carbocycles. The van der Waals surface area contributed by atoms with Crippen LogP contribution in [0.15, 0.2) is 121 Å². The molecule has 0 fully saturated rings. The first kappa shape index (κ1) is 18.5. The van der Waals surface area contributed by atoms with Gasteiger partial charge in [-0.2, -0.15) is 0 Å². The van der Waals surface area contributed by atoms with Crippen LogP contribution < -0.4 is 0 Å². The monoisotopic (exact) mass is 408 g/mol. The highest BCUT2D eigenvalue weighted by Gasteiger charge is 2.20. The van der Waals surface area contributed by atoms with Crippen LogP contribution in [0.1, 0.15) is 0 Å². The Bertz CT molecular complexity index is 1540. The maximum Gasteiger partial charge on any atom is 0.0978 e. The lowest BCUT2D eigenvalue weighted by Gasteiger charge is -2.19. The van der Waals surface area contributed by atoms with E-state index in [1.807, 2.05) is 18.3 Å². The van der Waals surface area contributed by atoms with Crippen LogP contribution in [0.25, 0.3) is 55.3 Å². The molecule has 0 spiro atoms. The van der Waals surface area contributed by atoms with E-state index in [4.69, 9.17) is 9.97 Å². The van der Waals surface area contributed by atoms with E-state index in [-0.39, 0.29) is 0 Å². The predicted molar refractivity (Wildman–Crippen MR) is 133 cm³/mol. The van der Waals surface area contributed by atoms with E-state index in [1.165, 1.54) is 11.1 Å². The standard InChI is InChI=1S/C30H20N2/c1-4-11-21(12-5-1)26-25-19-18-24-17-10-20-31-29(24)30(25)32-28(23-15-8-3-9-16-23)27(26)22-13-6-2-7-14-22/h1-20H. The summed E-state index contributed by atoms with van der Waals surface area (Å²) in [7, 11) is 0. The summed E-state index contributed by atoms with van der Waals surface area (Å²) in [4.78, 5) is 9.99. The van der Waals surface area contributed by atoms with Crippen molar-refractivity contribution in [1.82, 2.24) is 9.97 Å². The Morgan fingerprint density at radius 2 is 1.03 bits per heavy atom. The van der Waals surface area contributed by atoms with Gasteiger partial charge in [0.2, 0.25) is 0 Å². The minimum Gasteiger partial charge on any atom is -0.254 e. The normalized spacial score (nSPS) is 11.1. The Kier molecular flexibility index (Phi) is 4.47. The zero-order chi connectivity index (χ0) is 21.3. The number of fused-ring (bicyclic) bond motifs is 3. The second kappa shape index (κ2) is 7.75. The number of nitrogens with zero attached hydrogens (tertiary/aromatic N) is 2. The Morgan fingerprint density at radius 3 is 1.69 bits per heavy atom. The zero-order valence-electron chi connectivity index (χ0n) is 17.4. The van der Waals surface area contributed by atoms with Crippen LogP contribution in [-0.4, -0.2) is 9.97 Å². The van der Waals surface area contributed by atoms with E-state index < -0.39 is 0 Å². The molecule has 0 N–H and O–H groups in total. The first-order chi connectivity index (χ1) is 15.9. The van der Waals surface area contributed by atoms with Crippen molar-refractivity contribution in [3.05, 3.63) is 121 Å². The van der Waals surface area contributed by atoms with Gasteiger partial charge in [-0.15, -0.1) is 0 Å². The van der Waals surface area contributed by atoms with Crippen molar-refractivity contribution in [1.29, 1.82) is 0 Å². The van der Waals surface area contributed by atoms with Crippen LogP contribution in [0.4, 0.5) is 0 Å². The molecule has 6 aromatic rings. The molecule has 6 rings (SSSR count).